The van der Waals surface area contributed by atoms with Crippen molar-refractivity contribution in [1.82, 2.24) is 0 Å². The maximum atomic E-state index is 11.9. The van der Waals surface area contributed by atoms with Crippen molar-refractivity contribution in [2.24, 2.45) is 0 Å². The van der Waals surface area contributed by atoms with Crippen LogP contribution in [0.15, 0.2) is 20.5 Å². The first-order valence-electron chi connectivity index (χ1n) is 4.83. The molecule has 86 valence electrons. The number of hydrogen-bond donors (Lipinski definition) is 0. The summed E-state index contributed by atoms with van der Waals surface area (Å²) in [4.78, 5) is 0. The molecule has 0 aromatic rings. The fourth-order valence-corrected chi connectivity index (χ4v) is 10.0. The van der Waals surface area contributed by atoms with Gasteiger partial charge in [-0.1, -0.05) is 49.8 Å². The third-order valence-electron chi connectivity index (χ3n) is 3.34. The molecule has 1 rings (SSSR count). The van der Waals surface area contributed by atoms with Crippen molar-refractivity contribution in [2.45, 2.75) is 38.9 Å². The Balaban J connectivity index is 3.40. The van der Waals surface area contributed by atoms with Crippen molar-refractivity contribution >= 4 is 33.8 Å². The first-order valence-corrected chi connectivity index (χ1v) is 10.2. The second-order valence-electron chi connectivity index (χ2n) is 5.40. The summed E-state index contributed by atoms with van der Waals surface area (Å²) in [6, 6.07) is 0. The van der Waals surface area contributed by atoms with Crippen molar-refractivity contribution in [3.05, 3.63) is 20.5 Å². The molecule has 0 unspecified atom stereocenters. The average molecular weight is 309 g/mol. The van der Waals surface area contributed by atoms with Crippen LogP contribution in [0.25, 0.3) is 0 Å². The van der Waals surface area contributed by atoms with Crippen LogP contribution < -0.4 is 0 Å². The first kappa shape index (κ1) is 13.2. The SMILES string of the molecule is CC(C)(C)[Si](C)(C)C1=C(Br)C=CS1(=O)=O. The average Bonchev–Trinajstić information content (AvgIpc) is 2.23. The molecule has 0 radical (unpaired) electrons. The Morgan fingerprint density at radius 2 is 1.73 bits per heavy atom. The van der Waals surface area contributed by atoms with Gasteiger partial charge in [-0.25, -0.2) is 8.42 Å². The number of halogens is 1. The van der Waals surface area contributed by atoms with E-state index in [2.05, 4.69) is 49.8 Å². The van der Waals surface area contributed by atoms with Crippen LogP contribution in [0.4, 0.5) is 0 Å². The van der Waals surface area contributed by atoms with Gasteiger partial charge in [0.15, 0.2) is 9.84 Å². The Morgan fingerprint density at radius 1 is 1.27 bits per heavy atom. The summed E-state index contributed by atoms with van der Waals surface area (Å²) in [6.45, 7) is 10.5. The summed E-state index contributed by atoms with van der Waals surface area (Å²) in [5.74, 6) is 0. The molecule has 0 aliphatic carbocycles. The summed E-state index contributed by atoms with van der Waals surface area (Å²) in [6.07, 6.45) is 1.64. The van der Waals surface area contributed by atoms with E-state index < -0.39 is 17.9 Å². The number of allylic oxidation sites excluding steroid dienone is 2. The van der Waals surface area contributed by atoms with Crippen LogP contribution in [-0.2, 0) is 9.84 Å². The number of hydrogen-bond acceptors (Lipinski definition) is 2. The monoisotopic (exact) mass is 308 g/mol. The third-order valence-corrected chi connectivity index (χ3v) is 13.4. The highest BCUT2D eigenvalue weighted by Crippen LogP contribution is 2.46. The van der Waals surface area contributed by atoms with Crippen LogP contribution in [0, 0.1) is 0 Å². The van der Waals surface area contributed by atoms with Gasteiger partial charge in [0, 0.05) is 14.4 Å². The molecule has 0 aromatic carbocycles. The molecule has 15 heavy (non-hydrogen) atoms. The van der Waals surface area contributed by atoms with Gasteiger partial charge in [0.1, 0.15) is 8.07 Å². The first-order chi connectivity index (χ1) is 6.50. The Kier molecular flexibility index (Phi) is 3.14. The minimum absolute atomic E-state index is 0.0282. The summed E-state index contributed by atoms with van der Waals surface area (Å²) >= 11 is 3.36. The molecule has 0 bridgehead atoms. The molecule has 0 amide bonds. The van der Waals surface area contributed by atoms with Crippen molar-refractivity contribution in [3.63, 3.8) is 0 Å². The van der Waals surface area contributed by atoms with Crippen LogP contribution in [0.1, 0.15) is 20.8 Å². The van der Waals surface area contributed by atoms with Gasteiger partial charge in [-0.05, 0) is 11.1 Å². The minimum Gasteiger partial charge on any atom is -0.220 e. The highest BCUT2D eigenvalue weighted by atomic mass is 79.9. The lowest BCUT2D eigenvalue weighted by molar-refractivity contribution is 0.611. The van der Waals surface area contributed by atoms with Crippen molar-refractivity contribution in [3.8, 4) is 0 Å². The molecule has 0 saturated heterocycles. The second kappa shape index (κ2) is 3.57. The zero-order valence-corrected chi connectivity index (χ0v) is 13.2. The van der Waals surface area contributed by atoms with E-state index in [-0.39, 0.29) is 5.04 Å². The standard InChI is InChI=1S/C10H17BrO2SSi/c1-10(2,3)15(4,5)9-8(11)6-7-14(9,12)13/h6-7H,1-5H3. The smallest absolute Gasteiger partial charge is 0.193 e. The number of sulfone groups is 1. The lowest BCUT2D eigenvalue weighted by atomic mass is 10.2. The summed E-state index contributed by atoms with van der Waals surface area (Å²) < 4.78 is 25.2. The van der Waals surface area contributed by atoms with E-state index in [1.807, 2.05) is 0 Å². The van der Waals surface area contributed by atoms with E-state index in [1.54, 1.807) is 6.08 Å². The van der Waals surface area contributed by atoms with E-state index in [0.29, 0.717) is 4.53 Å². The van der Waals surface area contributed by atoms with Gasteiger partial charge >= 0.3 is 0 Å². The molecule has 0 atom stereocenters. The Labute approximate surface area is 102 Å². The fourth-order valence-electron chi connectivity index (χ4n) is 1.42. The zero-order chi connectivity index (χ0) is 12.1. The van der Waals surface area contributed by atoms with Gasteiger partial charge < -0.3 is 0 Å². The van der Waals surface area contributed by atoms with Crippen molar-refractivity contribution < 1.29 is 8.42 Å². The second-order valence-corrected chi connectivity index (χ2v) is 13.6. The van der Waals surface area contributed by atoms with Gasteiger partial charge in [-0.2, -0.15) is 0 Å². The molecule has 1 heterocycles. The Morgan fingerprint density at radius 3 is 2.00 bits per heavy atom. The molecule has 0 aromatic heterocycles. The van der Waals surface area contributed by atoms with Crippen LogP contribution >= 0.6 is 15.9 Å². The quantitative estimate of drug-likeness (QED) is 0.694. The molecule has 5 heteroatoms. The molecule has 0 spiro atoms. The minimum atomic E-state index is -3.16. The lowest BCUT2D eigenvalue weighted by Gasteiger charge is -2.37. The van der Waals surface area contributed by atoms with Crippen LogP contribution in [-0.4, -0.2) is 16.5 Å². The van der Waals surface area contributed by atoms with Gasteiger partial charge in [0.25, 0.3) is 0 Å². The fraction of sp³-hybridized carbons (Fsp3) is 0.600. The van der Waals surface area contributed by atoms with Gasteiger partial charge in [0.05, 0.1) is 0 Å². The van der Waals surface area contributed by atoms with E-state index >= 15 is 0 Å². The maximum Gasteiger partial charge on any atom is 0.193 e. The number of rotatable bonds is 1. The molecular formula is C10H17BrO2SSi. The highest BCUT2D eigenvalue weighted by molar-refractivity contribution is 9.12. The van der Waals surface area contributed by atoms with Crippen LogP contribution in [0.3, 0.4) is 0 Å². The highest BCUT2D eigenvalue weighted by Gasteiger charge is 2.46. The molecular weight excluding hydrogens is 292 g/mol. The summed E-state index contributed by atoms with van der Waals surface area (Å²) in [5.41, 5.74) is 0. The van der Waals surface area contributed by atoms with Crippen molar-refractivity contribution in [1.29, 1.82) is 0 Å². The van der Waals surface area contributed by atoms with E-state index in [9.17, 15) is 8.42 Å². The predicted octanol–water partition coefficient (Wildman–Crippen LogP) is 3.58. The summed E-state index contributed by atoms with van der Waals surface area (Å²) in [5, 5.41) is 1.33. The van der Waals surface area contributed by atoms with Crippen LogP contribution in [0.5, 0.6) is 0 Å². The van der Waals surface area contributed by atoms with Crippen LogP contribution in [0.2, 0.25) is 18.1 Å². The van der Waals surface area contributed by atoms with Gasteiger partial charge in [-0.15, -0.1) is 0 Å². The van der Waals surface area contributed by atoms with Gasteiger partial charge in [-0.3, -0.25) is 0 Å². The largest absolute Gasteiger partial charge is 0.220 e. The molecule has 0 N–H and O–H groups in total. The predicted molar refractivity (Wildman–Crippen MR) is 71.2 cm³/mol. The molecule has 2 nitrogen and oxygen atoms in total. The maximum absolute atomic E-state index is 11.9. The molecule has 1 aliphatic heterocycles. The van der Waals surface area contributed by atoms with Crippen molar-refractivity contribution in [2.75, 3.05) is 0 Å². The molecule has 0 fully saturated rings. The third kappa shape index (κ3) is 2.14. The Bertz CT molecular complexity index is 439. The summed E-state index contributed by atoms with van der Waals surface area (Å²) in [7, 11) is -5.15. The van der Waals surface area contributed by atoms with E-state index in [4.69, 9.17) is 0 Å². The molecule has 1 aliphatic rings. The van der Waals surface area contributed by atoms with Gasteiger partial charge in [0.2, 0.25) is 0 Å². The normalized spacial score (nSPS) is 21.2. The lowest BCUT2D eigenvalue weighted by Crippen LogP contribution is -2.41. The topological polar surface area (TPSA) is 34.1 Å². The Hall–Kier alpha value is 0.127. The zero-order valence-electron chi connectivity index (χ0n) is 9.76. The van der Waals surface area contributed by atoms with E-state index in [0.717, 1.165) is 4.48 Å². The molecule has 0 saturated carbocycles. The van der Waals surface area contributed by atoms with E-state index in [1.165, 1.54) is 5.41 Å².